The number of rotatable bonds is 9. The summed E-state index contributed by atoms with van der Waals surface area (Å²) < 4.78 is 5.16. The van der Waals surface area contributed by atoms with Crippen molar-refractivity contribution in [2.75, 3.05) is 5.88 Å². The Morgan fingerprint density at radius 3 is 2.47 bits per heavy atom. The second-order valence-electron chi connectivity index (χ2n) is 4.34. The van der Waals surface area contributed by atoms with E-state index in [0.29, 0.717) is 24.2 Å². The summed E-state index contributed by atoms with van der Waals surface area (Å²) in [6.07, 6.45) is 4.51. The van der Waals surface area contributed by atoms with Crippen molar-refractivity contribution >= 4 is 23.9 Å². The number of hydrogen-bond donors (Lipinski definition) is 0. The van der Waals surface area contributed by atoms with E-state index in [1.54, 1.807) is 24.3 Å². The molecular formula is C15H19ClO3. The van der Waals surface area contributed by atoms with E-state index < -0.39 is 12.1 Å². The number of hydrogen-bond acceptors (Lipinski definition) is 3. The molecule has 3 nitrogen and oxygen atoms in total. The molecule has 4 heteroatoms. The van der Waals surface area contributed by atoms with E-state index >= 15 is 0 Å². The summed E-state index contributed by atoms with van der Waals surface area (Å²) in [7, 11) is 0. The average molecular weight is 283 g/mol. The predicted molar refractivity (Wildman–Crippen MR) is 75.5 cm³/mol. The molecule has 0 aliphatic rings. The summed E-state index contributed by atoms with van der Waals surface area (Å²) in [5, 5.41) is 0. The largest absolute Gasteiger partial charge is 0.451 e. The molecule has 0 aromatic heterocycles. The minimum Gasteiger partial charge on any atom is -0.451 e. The molecule has 19 heavy (non-hydrogen) atoms. The topological polar surface area (TPSA) is 43.4 Å². The Morgan fingerprint density at radius 2 is 1.84 bits per heavy atom. The molecule has 0 heterocycles. The van der Waals surface area contributed by atoms with Gasteiger partial charge in [-0.25, -0.2) is 4.79 Å². The van der Waals surface area contributed by atoms with Crippen molar-refractivity contribution in [2.45, 2.75) is 38.2 Å². The van der Waals surface area contributed by atoms with Crippen molar-refractivity contribution in [3.05, 3.63) is 35.9 Å². The third kappa shape index (κ3) is 6.39. The van der Waals surface area contributed by atoms with Crippen LogP contribution in [0.15, 0.2) is 30.3 Å². The first-order valence-corrected chi connectivity index (χ1v) is 7.08. The van der Waals surface area contributed by atoms with E-state index in [4.69, 9.17) is 16.3 Å². The van der Waals surface area contributed by atoms with E-state index in [-0.39, 0.29) is 0 Å². The zero-order valence-corrected chi connectivity index (χ0v) is 11.6. The van der Waals surface area contributed by atoms with Gasteiger partial charge in [0.25, 0.3) is 0 Å². The van der Waals surface area contributed by atoms with E-state index in [1.807, 2.05) is 6.07 Å². The highest BCUT2D eigenvalue weighted by Crippen LogP contribution is 2.10. The van der Waals surface area contributed by atoms with Gasteiger partial charge >= 0.3 is 5.97 Å². The van der Waals surface area contributed by atoms with Gasteiger partial charge in [-0.15, -0.1) is 11.6 Å². The predicted octanol–water partition coefficient (Wildman–Crippen LogP) is 3.60. The second kappa shape index (κ2) is 9.56. The molecule has 0 saturated carbocycles. The first-order chi connectivity index (χ1) is 9.27. The van der Waals surface area contributed by atoms with Crippen LogP contribution in [0.5, 0.6) is 0 Å². The molecule has 0 fully saturated rings. The number of unbranched alkanes of at least 4 members (excludes halogenated alkanes) is 3. The van der Waals surface area contributed by atoms with Crippen LogP contribution in [-0.4, -0.2) is 24.2 Å². The Hall–Kier alpha value is -1.35. The van der Waals surface area contributed by atoms with Crippen molar-refractivity contribution in [1.29, 1.82) is 0 Å². The van der Waals surface area contributed by atoms with Crippen LogP contribution < -0.4 is 0 Å². The highest BCUT2D eigenvalue weighted by Gasteiger charge is 2.14. The van der Waals surface area contributed by atoms with Gasteiger partial charge in [0.1, 0.15) is 0 Å². The van der Waals surface area contributed by atoms with Crippen LogP contribution in [-0.2, 0) is 9.53 Å². The third-order valence-corrected chi connectivity index (χ3v) is 3.06. The van der Waals surface area contributed by atoms with Crippen molar-refractivity contribution in [3.63, 3.8) is 0 Å². The zero-order valence-electron chi connectivity index (χ0n) is 10.9. The van der Waals surface area contributed by atoms with Crippen LogP contribution in [0.4, 0.5) is 0 Å². The SMILES string of the molecule is O=CC(CCCCCCCl)OC(=O)c1ccccc1. The Morgan fingerprint density at radius 1 is 1.16 bits per heavy atom. The molecule has 1 aromatic carbocycles. The molecule has 0 saturated heterocycles. The van der Waals surface area contributed by atoms with Gasteiger partial charge in [-0.1, -0.05) is 31.0 Å². The van der Waals surface area contributed by atoms with Crippen molar-refractivity contribution in [3.8, 4) is 0 Å². The molecule has 1 aromatic rings. The number of halogens is 1. The number of aldehydes is 1. The molecule has 0 bridgehead atoms. The number of ether oxygens (including phenoxy) is 1. The fourth-order valence-electron chi connectivity index (χ4n) is 1.73. The van der Waals surface area contributed by atoms with Crippen LogP contribution in [0.25, 0.3) is 0 Å². The lowest BCUT2D eigenvalue weighted by Gasteiger charge is -2.11. The summed E-state index contributed by atoms with van der Waals surface area (Å²) in [5.41, 5.74) is 0.469. The molecule has 1 unspecified atom stereocenters. The standard InChI is InChI=1S/C15H19ClO3/c16-11-7-2-1-6-10-14(12-17)19-15(18)13-8-4-3-5-9-13/h3-5,8-9,12,14H,1-2,6-7,10-11H2. The van der Waals surface area contributed by atoms with Crippen molar-refractivity contribution in [2.24, 2.45) is 0 Å². The van der Waals surface area contributed by atoms with Gasteiger partial charge in [0, 0.05) is 5.88 Å². The van der Waals surface area contributed by atoms with Gasteiger partial charge in [0.15, 0.2) is 12.4 Å². The van der Waals surface area contributed by atoms with E-state index in [1.165, 1.54) is 0 Å². The Labute approximate surface area is 118 Å². The summed E-state index contributed by atoms with van der Waals surface area (Å²) in [6.45, 7) is 0. The van der Waals surface area contributed by atoms with E-state index in [0.717, 1.165) is 25.7 Å². The first kappa shape index (κ1) is 15.7. The summed E-state index contributed by atoms with van der Waals surface area (Å²) in [6, 6.07) is 8.69. The maximum absolute atomic E-state index is 11.8. The number of benzene rings is 1. The van der Waals surface area contributed by atoms with E-state index in [9.17, 15) is 9.59 Å². The number of carbonyl (C=O) groups is 2. The maximum Gasteiger partial charge on any atom is 0.338 e. The summed E-state index contributed by atoms with van der Waals surface area (Å²) in [5.74, 6) is 0.221. The highest BCUT2D eigenvalue weighted by molar-refractivity contribution is 6.17. The average Bonchev–Trinajstić information content (AvgIpc) is 2.46. The molecule has 0 aliphatic heterocycles. The Balaban J connectivity index is 2.32. The van der Waals surface area contributed by atoms with Crippen LogP contribution in [0.2, 0.25) is 0 Å². The first-order valence-electron chi connectivity index (χ1n) is 6.55. The van der Waals surface area contributed by atoms with Crippen LogP contribution in [0.1, 0.15) is 42.5 Å². The lowest BCUT2D eigenvalue weighted by Crippen LogP contribution is -2.19. The fraction of sp³-hybridized carbons (Fsp3) is 0.467. The summed E-state index contributed by atoms with van der Waals surface area (Å²) in [4.78, 5) is 22.6. The minimum atomic E-state index is -0.649. The van der Waals surface area contributed by atoms with Gasteiger partial charge in [-0.05, 0) is 31.4 Å². The summed E-state index contributed by atoms with van der Waals surface area (Å²) >= 11 is 5.58. The highest BCUT2D eigenvalue weighted by atomic mass is 35.5. The van der Waals surface area contributed by atoms with Gasteiger partial charge in [-0.3, -0.25) is 4.79 Å². The van der Waals surface area contributed by atoms with Crippen molar-refractivity contribution < 1.29 is 14.3 Å². The fourth-order valence-corrected chi connectivity index (χ4v) is 1.92. The van der Waals surface area contributed by atoms with Crippen LogP contribution in [0.3, 0.4) is 0 Å². The third-order valence-electron chi connectivity index (χ3n) is 2.79. The lowest BCUT2D eigenvalue weighted by atomic mass is 10.1. The minimum absolute atomic E-state index is 0.446. The second-order valence-corrected chi connectivity index (χ2v) is 4.72. The molecule has 0 spiro atoms. The molecule has 104 valence electrons. The van der Waals surface area contributed by atoms with Gasteiger partial charge < -0.3 is 4.74 Å². The monoisotopic (exact) mass is 282 g/mol. The Kier molecular flexibility index (Phi) is 7.91. The molecule has 0 N–H and O–H groups in total. The van der Waals surface area contributed by atoms with Gasteiger partial charge in [-0.2, -0.15) is 0 Å². The molecule has 1 rings (SSSR count). The molecule has 0 amide bonds. The smallest absolute Gasteiger partial charge is 0.338 e. The lowest BCUT2D eigenvalue weighted by molar-refractivity contribution is -0.115. The Bertz CT molecular complexity index is 378. The molecular weight excluding hydrogens is 264 g/mol. The normalized spacial score (nSPS) is 11.8. The van der Waals surface area contributed by atoms with Gasteiger partial charge in [0.05, 0.1) is 5.56 Å². The zero-order chi connectivity index (χ0) is 13.9. The quantitative estimate of drug-likeness (QED) is 0.301. The van der Waals surface area contributed by atoms with Crippen LogP contribution >= 0.6 is 11.6 Å². The molecule has 1 atom stereocenters. The van der Waals surface area contributed by atoms with E-state index in [2.05, 4.69) is 0 Å². The number of carbonyl (C=O) groups excluding carboxylic acids is 2. The number of alkyl halides is 1. The van der Waals surface area contributed by atoms with Crippen molar-refractivity contribution in [1.82, 2.24) is 0 Å². The molecule has 0 aliphatic carbocycles. The van der Waals surface area contributed by atoms with Gasteiger partial charge in [0.2, 0.25) is 0 Å². The maximum atomic E-state index is 11.8. The van der Waals surface area contributed by atoms with Crippen LogP contribution in [0, 0.1) is 0 Å². The molecule has 0 radical (unpaired) electrons. The number of esters is 1.